The molecule has 11 rings (SSSR count). The fourth-order valence-corrected chi connectivity index (χ4v) is 7.77. The van der Waals surface area contributed by atoms with Crippen molar-refractivity contribution in [1.29, 1.82) is 0 Å². The van der Waals surface area contributed by atoms with Gasteiger partial charge in [-0.15, -0.1) is 0 Å². The van der Waals surface area contributed by atoms with E-state index in [4.69, 9.17) is 0 Å². The van der Waals surface area contributed by atoms with E-state index in [1.165, 1.54) is 102 Å². The lowest BCUT2D eigenvalue weighted by molar-refractivity contribution is 1.93. The molecule has 0 bridgehead atoms. The van der Waals surface area contributed by atoms with E-state index in [9.17, 15) is 0 Å². The molecule has 0 atom stereocenters. The Balaban J connectivity index is 1.84. The molecular formula is C30H10. The molecule has 0 heterocycles. The minimum absolute atomic E-state index is 1.40. The minimum Gasteiger partial charge on any atom is -0.0537 e. The highest BCUT2D eigenvalue weighted by atomic mass is 14.3. The topological polar surface area (TPSA) is 0 Å². The summed E-state index contributed by atoms with van der Waals surface area (Å²) in [6.07, 6.45) is 0. The molecule has 0 fully saturated rings. The van der Waals surface area contributed by atoms with Crippen molar-refractivity contribution in [2.75, 3.05) is 0 Å². The summed E-state index contributed by atoms with van der Waals surface area (Å²) in [5.41, 5.74) is 0. The zero-order valence-electron chi connectivity index (χ0n) is 15.8. The van der Waals surface area contributed by atoms with Crippen LogP contribution in [0.2, 0.25) is 0 Å². The van der Waals surface area contributed by atoms with E-state index in [2.05, 4.69) is 60.7 Å². The van der Waals surface area contributed by atoms with Crippen LogP contribution in [-0.4, -0.2) is 0 Å². The van der Waals surface area contributed by atoms with Crippen molar-refractivity contribution in [1.82, 2.24) is 0 Å². The predicted molar refractivity (Wildman–Crippen MR) is 131 cm³/mol. The molecule has 0 aliphatic rings. The van der Waals surface area contributed by atoms with Crippen LogP contribution >= 0.6 is 0 Å². The lowest BCUT2D eigenvalue weighted by atomic mass is 9.91. The molecule has 0 aliphatic heterocycles. The lowest BCUT2D eigenvalue weighted by Gasteiger charge is -2.10. The normalized spacial score (nSPS) is 14.7. The Morgan fingerprint density at radius 3 is 1.00 bits per heavy atom. The molecular weight excluding hydrogens is 360 g/mol. The molecule has 0 nitrogen and oxygen atoms in total. The van der Waals surface area contributed by atoms with Crippen LogP contribution in [0.25, 0.3) is 108 Å². The summed E-state index contributed by atoms with van der Waals surface area (Å²) in [4.78, 5) is 0. The van der Waals surface area contributed by atoms with Crippen LogP contribution in [0.4, 0.5) is 0 Å². The highest BCUT2D eigenvalue weighted by Gasteiger charge is 2.31. The van der Waals surface area contributed by atoms with E-state index >= 15 is 0 Å². The molecule has 0 saturated heterocycles. The van der Waals surface area contributed by atoms with Crippen molar-refractivity contribution in [3.05, 3.63) is 60.7 Å². The largest absolute Gasteiger partial charge is 0.0537 e. The average molecular weight is 370 g/mol. The van der Waals surface area contributed by atoms with Crippen molar-refractivity contribution >= 4 is 108 Å². The van der Waals surface area contributed by atoms with E-state index in [-0.39, 0.29) is 0 Å². The second-order valence-corrected chi connectivity index (χ2v) is 9.64. The SMILES string of the molecule is c1cc2c3ccc4cc5cc6ccc7cc8cc1c1c8c8c7c6c6c5c4c3c(c21)c86. The number of hydrogen-bond donors (Lipinski definition) is 0. The van der Waals surface area contributed by atoms with Gasteiger partial charge in [0, 0.05) is 0 Å². The first-order chi connectivity index (χ1) is 14.9. The summed E-state index contributed by atoms with van der Waals surface area (Å²) in [5.74, 6) is 0. The third-order valence-electron chi connectivity index (χ3n) is 8.61. The smallest absolute Gasteiger partial charge is 0.00000374 e. The highest BCUT2D eigenvalue weighted by molar-refractivity contribution is 6.61. The highest BCUT2D eigenvalue weighted by Crippen LogP contribution is 2.60. The van der Waals surface area contributed by atoms with Gasteiger partial charge in [0.15, 0.2) is 0 Å². The van der Waals surface area contributed by atoms with E-state index in [0.717, 1.165) is 0 Å². The Morgan fingerprint density at radius 2 is 0.533 bits per heavy atom. The molecule has 0 spiro atoms. The molecule has 0 unspecified atom stereocenters. The second kappa shape index (κ2) is 3.34. The molecule has 0 amide bonds. The van der Waals surface area contributed by atoms with Gasteiger partial charge in [-0.1, -0.05) is 36.4 Å². The molecule has 11 aromatic rings. The summed E-state index contributed by atoms with van der Waals surface area (Å²) >= 11 is 0. The minimum atomic E-state index is 1.40. The van der Waals surface area contributed by atoms with Gasteiger partial charge in [-0.05, 0) is 132 Å². The first-order valence-electron chi connectivity index (χ1n) is 10.8. The Hall–Kier alpha value is -3.90. The van der Waals surface area contributed by atoms with E-state index < -0.39 is 0 Å². The standard InChI is InChI=1S/C30H10/c1-2-12-8-16-10-14-4-6-18-17-5-3-13-9-15-7-11(1)21-22(12)28-24(16)20(14)26(18)29-25(17)19(13)23(15)27(21)30(28)29/h1-10H. The molecule has 130 valence electrons. The van der Waals surface area contributed by atoms with Crippen molar-refractivity contribution in [3.8, 4) is 0 Å². The van der Waals surface area contributed by atoms with E-state index in [1.807, 2.05) is 0 Å². The quantitative estimate of drug-likeness (QED) is 0.234. The Kier molecular flexibility index (Phi) is 1.40. The van der Waals surface area contributed by atoms with Gasteiger partial charge in [0.25, 0.3) is 0 Å². The second-order valence-electron chi connectivity index (χ2n) is 9.64. The lowest BCUT2D eigenvalue weighted by Crippen LogP contribution is -1.81. The Bertz CT molecular complexity index is 2220. The van der Waals surface area contributed by atoms with Crippen molar-refractivity contribution < 1.29 is 0 Å². The zero-order chi connectivity index (χ0) is 18.6. The van der Waals surface area contributed by atoms with Gasteiger partial charge in [-0.2, -0.15) is 0 Å². The number of benzene rings is 7. The maximum absolute atomic E-state index is 2.44. The molecule has 0 radical (unpaired) electrons. The summed E-state index contributed by atoms with van der Waals surface area (Å²) < 4.78 is 0. The molecule has 0 heteroatoms. The van der Waals surface area contributed by atoms with Gasteiger partial charge >= 0.3 is 0 Å². The van der Waals surface area contributed by atoms with Gasteiger partial charge in [-0.25, -0.2) is 0 Å². The Morgan fingerprint density at radius 1 is 0.233 bits per heavy atom. The number of fused-ring (bicyclic) bond motifs is 1. The van der Waals surface area contributed by atoms with Crippen LogP contribution in [0, 0.1) is 0 Å². The van der Waals surface area contributed by atoms with Gasteiger partial charge < -0.3 is 0 Å². The van der Waals surface area contributed by atoms with Gasteiger partial charge in [0.05, 0.1) is 0 Å². The fourth-order valence-electron chi connectivity index (χ4n) is 7.77. The maximum Gasteiger partial charge on any atom is -0.00000374 e. The first-order valence-corrected chi connectivity index (χ1v) is 10.8. The first kappa shape index (κ1) is 12.6. The number of hydrogen-bond acceptors (Lipinski definition) is 0. The number of rotatable bonds is 0. The van der Waals surface area contributed by atoms with E-state index in [0.29, 0.717) is 0 Å². The molecule has 0 aromatic heterocycles. The molecule has 30 heavy (non-hydrogen) atoms. The Labute approximate surface area is 168 Å². The van der Waals surface area contributed by atoms with Gasteiger partial charge in [-0.3, -0.25) is 0 Å². The van der Waals surface area contributed by atoms with Crippen LogP contribution in [0.1, 0.15) is 0 Å². The van der Waals surface area contributed by atoms with Crippen LogP contribution in [0.5, 0.6) is 0 Å². The summed E-state index contributed by atoms with van der Waals surface area (Å²) in [5, 5.41) is 29.4. The molecule has 0 aliphatic carbocycles. The van der Waals surface area contributed by atoms with Crippen LogP contribution in [-0.2, 0) is 0 Å². The maximum atomic E-state index is 2.44. The van der Waals surface area contributed by atoms with Crippen LogP contribution in [0.15, 0.2) is 60.7 Å². The third-order valence-corrected chi connectivity index (χ3v) is 8.61. The third kappa shape index (κ3) is 0.907. The van der Waals surface area contributed by atoms with E-state index in [1.54, 1.807) is 5.39 Å². The van der Waals surface area contributed by atoms with Gasteiger partial charge in [0.1, 0.15) is 0 Å². The zero-order valence-corrected chi connectivity index (χ0v) is 15.8. The molecule has 11 aromatic carbocycles. The predicted octanol–water partition coefficient (Wildman–Crippen LogP) is 8.72. The van der Waals surface area contributed by atoms with Crippen molar-refractivity contribution in [2.24, 2.45) is 0 Å². The van der Waals surface area contributed by atoms with Crippen LogP contribution in [0.3, 0.4) is 0 Å². The van der Waals surface area contributed by atoms with Gasteiger partial charge in [0.2, 0.25) is 0 Å². The fraction of sp³-hybridized carbons (Fsp3) is 0. The molecule has 0 saturated carbocycles. The van der Waals surface area contributed by atoms with Crippen LogP contribution < -0.4 is 0 Å². The summed E-state index contributed by atoms with van der Waals surface area (Å²) in [7, 11) is 0. The summed E-state index contributed by atoms with van der Waals surface area (Å²) in [6.45, 7) is 0. The average Bonchev–Trinajstić information content (AvgIpc) is 3.48. The molecule has 0 N–H and O–H groups in total. The summed E-state index contributed by atoms with van der Waals surface area (Å²) in [6, 6.07) is 23.9. The monoisotopic (exact) mass is 370 g/mol. The van der Waals surface area contributed by atoms with Crippen molar-refractivity contribution in [2.45, 2.75) is 0 Å². The van der Waals surface area contributed by atoms with Crippen molar-refractivity contribution in [3.63, 3.8) is 0 Å².